The van der Waals surface area contributed by atoms with Crippen molar-refractivity contribution in [3.05, 3.63) is 54.6 Å². The lowest BCUT2D eigenvalue weighted by Gasteiger charge is -2.04. The molecule has 0 bridgehead atoms. The molecule has 2 aromatic rings. The normalized spacial score (nSPS) is 9.17. The fourth-order valence-electron chi connectivity index (χ4n) is 1.73. The molecule has 2 aromatic carbocycles. The van der Waals surface area contributed by atoms with E-state index in [-0.39, 0.29) is 11.8 Å². The molecule has 0 radical (unpaired) electrons. The van der Waals surface area contributed by atoms with E-state index < -0.39 is 0 Å². The summed E-state index contributed by atoms with van der Waals surface area (Å²) in [6.07, 6.45) is 0. The Balaban J connectivity index is 0.000000238. The average molecular weight is 314 g/mol. The second-order valence-corrected chi connectivity index (χ2v) is 4.69. The predicted molar refractivity (Wildman–Crippen MR) is 92.7 cm³/mol. The van der Waals surface area contributed by atoms with Crippen molar-refractivity contribution in [1.29, 1.82) is 0 Å². The molecule has 2 N–H and O–H groups in total. The van der Waals surface area contributed by atoms with Gasteiger partial charge in [-0.2, -0.15) is 0 Å². The minimum Gasteiger partial charge on any atom is -0.494 e. The van der Waals surface area contributed by atoms with E-state index in [4.69, 9.17) is 4.74 Å². The molecule has 0 aliphatic heterocycles. The van der Waals surface area contributed by atoms with Gasteiger partial charge in [0.25, 0.3) is 0 Å². The van der Waals surface area contributed by atoms with Crippen LogP contribution in [0.15, 0.2) is 54.6 Å². The van der Waals surface area contributed by atoms with Gasteiger partial charge in [0, 0.05) is 25.2 Å². The summed E-state index contributed by atoms with van der Waals surface area (Å²) in [6, 6.07) is 16.6. The van der Waals surface area contributed by atoms with Crippen molar-refractivity contribution in [2.45, 2.75) is 20.8 Å². The van der Waals surface area contributed by atoms with Crippen molar-refractivity contribution in [3.63, 3.8) is 0 Å². The molecule has 5 nitrogen and oxygen atoms in total. The van der Waals surface area contributed by atoms with Crippen molar-refractivity contribution >= 4 is 23.2 Å². The Morgan fingerprint density at radius 3 is 1.74 bits per heavy atom. The summed E-state index contributed by atoms with van der Waals surface area (Å²) in [5.41, 5.74) is 1.63. The van der Waals surface area contributed by atoms with Crippen LogP contribution < -0.4 is 15.4 Å². The van der Waals surface area contributed by atoms with E-state index in [0.717, 1.165) is 17.1 Å². The number of amides is 2. The third-order valence-electron chi connectivity index (χ3n) is 2.58. The van der Waals surface area contributed by atoms with Gasteiger partial charge in [0.2, 0.25) is 11.8 Å². The highest BCUT2D eigenvalue weighted by Gasteiger charge is 1.95. The van der Waals surface area contributed by atoms with Crippen molar-refractivity contribution < 1.29 is 14.3 Å². The van der Waals surface area contributed by atoms with Gasteiger partial charge in [0.1, 0.15) is 5.75 Å². The van der Waals surface area contributed by atoms with Gasteiger partial charge in [0.05, 0.1) is 6.61 Å². The summed E-state index contributed by atoms with van der Waals surface area (Å²) in [5, 5.41) is 5.35. The number of anilines is 2. The molecular formula is C18H22N2O3. The van der Waals surface area contributed by atoms with Gasteiger partial charge in [-0.25, -0.2) is 0 Å². The molecule has 0 spiro atoms. The largest absolute Gasteiger partial charge is 0.494 e. The Kier molecular flexibility index (Phi) is 7.92. The molecule has 0 fully saturated rings. The molecule has 5 heteroatoms. The van der Waals surface area contributed by atoms with Crippen LogP contribution in [0.1, 0.15) is 20.8 Å². The fraction of sp³-hybridized carbons (Fsp3) is 0.222. The molecule has 0 unspecified atom stereocenters. The summed E-state index contributed by atoms with van der Waals surface area (Å²) in [6.45, 7) is 5.56. The van der Waals surface area contributed by atoms with E-state index in [9.17, 15) is 9.59 Å². The third kappa shape index (κ3) is 8.26. The summed E-state index contributed by atoms with van der Waals surface area (Å²) in [5.74, 6) is 0.715. The first-order valence-corrected chi connectivity index (χ1v) is 7.34. The van der Waals surface area contributed by atoms with E-state index in [1.807, 2.05) is 61.5 Å². The SMILES string of the molecule is CC(=O)Nc1ccccc1.CCOc1ccc(NC(C)=O)cc1. The van der Waals surface area contributed by atoms with Crippen LogP contribution in [-0.4, -0.2) is 18.4 Å². The van der Waals surface area contributed by atoms with Gasteiger partial charge in [0.15, 0.2) is 0 Å². The zero-order chi connectivity index (χ0) is 17.1. The standard InChI is InChI=1S/C10H13NO2.C8H9NO/c1-3-13-10-6-4-9(5-7-10)11-8(2)12;1-7(10)9-8-5-3-2-4-6-8/h4-7H,3H2,1-2H3,(H,11,12);2-6H,1H3,(H,9,10). The Morgan fingerprint density at radius 1 is 0.826 bits per heavy atom. The van der Waals surface area contributed by atoms with Crippen LogP contribution in [0, 0.1) is 0 Å². The van der Waals surface area contributed by atoms with Crippen LogP contribution in [0.2, 0.25) is 0 Å². The van der Waals surface area contributed by atoms with Crippen LogP contribution in [0.4, 0.5) is 11.4 Å². The smallest absolute Gasteiger partial charge is 0.221 e. The number of rotatable bonds is 4. The Bertz CT molecular complexity index is 610. The highest BCUT2D eigenvalue weighted by Crippen LogP contribution is 2.15. The molecule has 122 valence electrons. The maximum atomic E-state index is 10.7. The number of carbonyl (C=O) groups is 2. The van der Waals surface area contributed by atoms with Gasteiger partial charge in [-0.05, 0) is 43.3 Å². The lowest BCUT2D eigenvalue weighted by atomic mass is 10.3. The highest BCUT2D eigenvalue weighted by molar-refractivity contribution is 5.89. The maximum absolute atomic E-state index is 10.7. The molecule has 0 aliphatic rings. The molecular weight excluding hydrogens is 292 g/mol. The highest BCUT2D eigenvalue weighted by atomic mass is 16.5. The monoisotopic (exact) mass is 314 g/mol. The van der Waals surface area contributed by atoms with Crippen molar-refractivity contribution in [1.82, 2.24) is 0 Å². The van der Waals surface area contributed by atoms with Gasteiger partial charge < -0.3 is 15.4 Å². The topological polar surface area (TPSA) is 67.4 Å². The van der Waals surface area contributed by atoms with Gasteiger partial charge in [-0.3, -0.25) is 9.59 Å². The van der Waals surface area contributed by atoms with E-state index in [2.05, 4.69) is 10.6 Å². The quantitative estimate of drug-likeness (QED) is 0.904. The van der Waals surface area contributed by atoms with E-state index in [1.165, 1.54) is 13.8 Å². The maximum Gasteiger partial charge on any atom is 0.221 e. The Labute approximate surface area is 136 Å². The Hall–Kier alpha value is -2.82. The zero-order valence-corrected chi connectivity index (χ0v) is 13.6. The lowest BCUT2D eigenvalue weighted by molar-refractivity contribution is -0.115. The lowest BCUT2D eigenvalue weighted by Crippen LogP contribution is -2.05. The number of ether oxygens (including phenoxy) is 1. The van der Waals surface area contributed by atoms with Gasteiger partial charge in [-0.1, -0.05) is 18.2 Å². The number of nitrogens with one attached hydrogen (secondary N) is 2. The molecule has 2 rings (SSSR count). The molecule has 2 amide bonds. The van der Waals surface area contributed by atoms with Crippen LogP contribution in [0.25, 0.3) is 0 Å². The summed E-state index contributed by atoms with van der Waals surface area (Å²) < 4.78 is 5.25. The summed E-state index contributed by atoms with van der Waals surface area (Å²) in [7, 11) is 0. The van der Waals surface area contributed by atoms with Crippen molar-refractivity contribution in [2.75, 3.05) is 17.2 Å². The van der Waals surface area contributed by atoms with Crippen molar-refractivity contribution in [3.8, 4) is 5.75 Å². The minimum absolute atomic E-state index is 0.0359. The minimum atomic E-state index is -0.0656. The van der Waals surface area contributed by atoms with E-state index in [0.29, 0.717) is 6.61 Å². The van der Waals surface area contributed by atoms with Crippen LogP contribution >= 0.6 is 0 Å². The summed E-state index contributed by atoms with van der Waals surface area (Å²) in [4.78, 5) is 21.2. The summed E-state index contributed by atoms with van der Waals surface area (Å²) >= 11 is 0. The predicted octanol–water partition coefficient (Wildman–Crippen LogP) is 3.69. The number of hydrogen-bond acceptors (Lipinski definition) is 3. The second-order valence-electron chi connectivity index (χ2n) is 4.69. The number of benzene rings is 2. The number of hydrogen-bond donors (Lipinski definition) is 2. The fourth-order valence-corrected chi connectivity index (χ4v) is 1.73. The molecule has 0 saturated carbocycles. The van der Waals surface area contributed by atoms with Gasteiger partial charge in [-0.15, -0.1) is 0 Å². The molecule has 0 aliphatic carbocycles. The number of carbonyl (C=O) groups excluding carboxylic acids is 2. The zero-order valence-electron chi connectivity index (χ0n) is 13.6. The first-order valence-electron chi connectivity index (χ1n) is 7.34. The van der Waals surface area contributed by atoms with Crippen LogP contribution in [0.5, 0.6) is 5.75 Å². The van der Waals surface area contributed by atoms with Crippen LogP contribution in [-0.2, 0) is 9.59 Å². The van der Waals surface area contributed by atoms with E-state index in [1.54, 1.807) is 0 Å². The molecule has 0 saturated heterocycles. The van der Waals surface area contributed by atoms with Gasteiger partial charge >= 0.3 is 0 Å². The first-order chi connectivity index (χ1) is 11.0. The third-order valence-corrected chi connectivity index (χ3v) is 2.58. The van der Waals surface area contributed by atoms with Crippen LogP contribution in [0.3, 0.4) is 0 Å². The first kappa shape index (κ1) is 18.2. The number of para-hydroxylation sites is 1. The molecule has 23 heavy (non-hydrogen) atoms. The van der Waals surface area contributed by atoms with E-state index >= 15 is 0 Å². The second kappa shape index (κ2) is 10.00. The Morgan fingerprint density at radius 2 is 1.30 bits per heavy atom. The molecule has 0 heterocycles. The van der Waals surface area contributed by atoms with Crippen molar-refractivity contribution in [2.24, 2.45) is 0 Å². The average Bonchev–Trinajstić information content (AvgIpc) is 2.50. The molecule has 0 aromatic heterocycles. The molecule has 0 atom stereocenters.